The van der Waals surface area contributed by atoms with Crippen molar-refractivity contribution >= 4 is 33.4 Å². The number of ether oxygens (including phenoxy) is 1. The van der Waals surface area contributed by atoms with Crippen LogP contribution in [-0.4, -0.2) is 35.2 Å². The van der Waals surface area contributed by atoms with E-state index in [1.54, 1.807) is 31.2 Å². The van der Waals surface area contributed by atoms with Crippen molar-refractivity contribution < 1.29 is 19.4 Å². The summed E-state index contributed by atoms with van der Waals surface area (Å²) in [6.45, 7) is 8.91. The molecule has 2 N–H and O–H groups in total. The molecule has 2 atom stereocenters. The van der Waals surface area contributed by atoms with Crippen molar-refractivity contribution in [1.29, 1.82) is 0 Å². The molecule has 3 aromatic rings. The molecule has 1 aliphatic rings. The summed E-state index contributed by atoms with van der Waals surface area (Å²) in [5, 5.41) is 13.6. The standard InChI is InChI=1S/C28H34N2O4S/c1-5-34-27(33)18-8-6-17(7-9-18)23(12-13-31)29-25(32)24-16-20-14-19-15-21(28(2,3)4)10-11-22(19)30-26(20)35-24/h6-9,14,16,21,23,31H,5,10-13,15H2,1-4H3,(H,29,32)/t21-,23+/m0/s1. The molecular formula is C28H34N2O4S. The fourth-order valence-electron chi connectivity index (χ4n) is 4.72. The van der Waals surface area contributed by atoms with Gasteiger partial charge in [0.1, 0.15) is 4.83 Å². The van der Waals surface area contributed by atoms with Crippen LogP contribution >= 0.6 is 11.3 Å². The molecule has 7 heteroatoms. The van der Waals surface area contributed by atoms with Crippen molar-refractivity contribution in [3.05, 3.63) is 63.7 Å². The maximum atomic E-state index is 13.2. The molecule has 4 rings (SSSR count). The Labute approximate surface area is 210 Å². The Morgan fingerprint density at radius 2 is 1.97 bits per heavy atom. The first-order valence-electron chi connectivity index (χ1n) is 12.3. The minimum Gasteiger partial charge on any atom is -0.462 e. The normalized spacial score (nSPS) is 16.5. The number of fused-ring (bicyclic) bond motifs is 2. The quantitative estimate of drug-likeness (QED) is 0.425. The van der Waals surface area contributed by atoms with E-state index in [-0.39, 0.29) is 29.9 Å². The van der Waals surface area contributed by atoms with Crippen molar-refractivity contribution in [2.45, 2.75) is 59.4 Å². The summed E-state index contributed by atoms with van der Waals surface area (Å²) < 4.78 is 5.03. The number of thiophene rings is 1. The lowest BCUT2D eigenvalue weighted by Crippen LogP contribution is -2.28. The van der Waals surface area contributed by atoms with Crippen molar-refractivity contribution in [3.8, 4) is 0 Å². The average Bonchev–Trinajstić information content (AvgIpc) is 3.24. The van der Waals surface area contributed by atoms with Gasteiger partial charge in [0.15, 0.2) is 0 Å². The van der Waals surface area contributed by atoms with Gasteiger partial charge in [0, 0.05) is 17.7 Å². The number of esters is 1. The van der Waals surface area contributed by atoms with Gasteiger partial charge in [0.2, 0.25) is 0 Å². The first-order valence-corrected chi connectivity index (χ1v) is 13.1. The van der Waals surface area contributed by atoms with Crippen LogP contribution in [0.3, 0.4) is 0 Å². The molecule has 0 spiro atoms. The van der Waals surface area contributed by atoms with Crippen LogP contribution in [0.5, 0.6) is 0 Å². The third-order valence-electron chi connectivity index (χ3n) is 6.87. The number of hydrogen-bond acceptors (Lipinski definition) is 6. The van der Waals surface area contributed by atoms with Gasteiger partial charge in [-0.15, -0.1) is 11.3 Å². The Hall–Kier alpha value is -2.77. The fourth-order valence-corrected chi connectivity index (χ4v) is 5.66. The lowest BCUT2D eigenvalue weighted by atomic mass is 9.71. The van der Waals surface area contributed by atoms with Crippen molar-refractivity contribution in [3.63, 3.8) is 0 Å². The maximum absolute atomic E-state index is 13.2. The minimum absolute atomic E-state index is 0.0692. The number of pyridine rings is 1. The lowest BCUT2D eigenvalue weighted by Gasteiger charge is -2.34. The molecule has 1 aromatic carbocycles. The Bertz CT molecular complexity index is 1210. The van der Waals surface area contributed by atoms with Crippen molar-refractivity contribution in [1.82, 2.24) is 10.3 Å². The molecule has 0 saturated carbocycles. The molecule has 0 fully saturated rings. The molecule has 0 radical (unpaired) electrons. The van der Waals surface area contributed by atoms with Crippen molar-refractivity contribution in [2.75, 3.05) is 13.2 Å². The number of rotatable bonds is 7. The molecule has 35 heavy (non-hydrogen) atoms. The number of carbonyl (C=O) groups is 2. The first-order chi connectivity index (χ1) is 16.7. The SMILES string of the molecule is CCOC(=O)c1ccc([C@@H](CCO)NC(=O)c2cc3cc4c(nc3s2)CC[C@H](C(C)(C)C)C4)cc1. The van der Waals surface area contributed by atoms with E-state index >= 15 is 0 Å². The Balaban J connectivity index is 1.52. The third kappa shape index (κ3) is 5.73. The van der Waals surface area contributed by atoms with Crippen LogP contribution < -0.4 is 5.32 Å². The maximum Gasteiger partial charge on any atom is 0.338 e. The molecule has 2 aromatic heterocycles. The van der Waals surface area contributed by atoms with Crippen molar-refractivity contribution in [2.24, 2.45) is 11.3 Å². The molecule has 0 saturated heterocycles. The van der Waals surface area contributed by atoms with E-state index in [2.05, 4.69) is 32.2 Å². The number of nitrogens with zero attached hydrogens (tertiary/aromatic N) is 1. The van der Waals surface area contributed by atoms with E-state index in [4.69, 9.17) is 9.72 Å². The van der Waals surface area contributed by atoms with Crippen LogP contribution in [0.15, 0.2) is 36.4 Å². The highest BCUT2D eigenvalue weighted by Gasteiger charge is 2.30. The lowest BCUT2D eigenvalue weighted by molar-refractivity contribution is 0.0526. The van der Waals surface area contributed by atoms with E-state index in [0.717, 1.165) is 40.7 Å². The molecule has 0 aliphatic heterocycles. The van der Waals surface area contributed by atoms with E-state index in [1.165, 1.54) is 16.9 Å². The zero-order valence-electron chi connectivity index (χ0n) is 20.9. The van der Waals surface area contributed by atoms with Gasteiger partial charge >= 0.3 is 5.97 Å². The Morgan fingerprint density at radius 1 is 1.23 bits per heavy atom. The highest BCUT2D eigenvalue weighted by atomic mass is 32.1. The second-order valence-corrected chi connectivity index (χ2v) is 11.3. The highest BCUT2D eigenvalue weighted by molar-refractivity contribution is 7.20. The molecular weight excluding hydrogens is 460 g/mol. The summed E-state index contributed by atoms with van der Waals surface area (Å²) in [4.78, 5) is 31.5. The number of aliphatic hydroxyl groups is 1. The number of aryl methyl sites for hydroxylation is 1. The zero-order chi connectivity index (χ0) is 25.2. The summed E-state index contributed by atoms with van der Waals surface area (Å²) in [5.41, 5.74) is 4.00. The summed E-state index contributed by atoms with van der Waals surface area (Å²) in [6, 6.07) is 10.7. The molecule has 1 aliphatic carbocycles. The number of aliphatic hydroxyl groups excluding tert-OH is 1. The summed E-state index contributed by atoms with van der Waals surface area (Å²) >= 11 is 1.40. The number of benzene rings is 1. The number of carbonyl (C=O) groups excluding carboxylic acids is 2. The van der Waals surface area contributed by atoms with Crippen LogP contribution in [0, 0.1) is 11.3 Å². The van der Waals surface area contributed by atoms with Gasteiger partial charge in [-0.2, -0.15) is 0 Å². The van der Waals surface area contributed by atoms with Gasteiger partial charge in [-0.3, -0.25) is 4.79 Å². The van der Waals surface area contributed by atoms with Crippen LogP contribution in [-0.2, 0) is 17.6 Å². The average molecular weight is 495 g/mol. The van der Waals surface area contributed by atoms with Crippen LogP contribution in [0.1, 0.15) is 83.4 Å². The number of aromatic nitrogens is 1. The van der Waals surface area contributed by atoms with E-state index < -0.39 is 0 Å². The van der Waals surface area contributed by atoms with Gasteiger partial charge in [0.25, 0.3) is 5.91 Å². The molecule has 6 nitrogen and oxygen atoms in total. The number of hydrogen-bond donors (Lipinski definition) is 2. The van der Waals surface area contributed by atoms with E-state index in [0.29, 0.717) is 29.4 Å². The second kappa shape index (κ2) is 10.5. The van der Waals surface area contributed by atoms with E-state index in [9.17, 15) is 14.7 Å². The monoisotopic (exact) mass is 494 g/mol. The van der Waals surface area contributed by atoms with Gasteiger partial charge in [-0.05, 0) is 79.3 Å². The predicted molar refractivity (Wildman–Crippen MR) is 139 cm³/mol. The Kier molecular flexibility index (Phi) is 7.57. The van der Waals surface area contributed by atoms with Gasteiger partial charge < -0.3 is 15.2 Å². The molecule has 1 amide bonds. The molecule has 2 heterocycles. The second-order valence-electron chi connectivity index (χ2n) is 10.3. The predicted octanol–water partition coefficient (Wildman–Crippen LogP) is 5.48. The van der Waals surface area contributed by atoms with Gasteiger partial charge in [-0.1, -0.05) is 32.9 Å². The molecule has 186 valence electrons. The topological polar surface area (TPSA) is 88.5 Å². The van der Waals surface area contributed by atoms with E-state index in [1.807, 2.05) is 6.07 Å². The summed E-state index contributed by atoms with van der Waals surface area (Å²) in [7, 11) is 0. The highest BCUT2D eigenvalue weighted by Crippen LogP contribution is 2.38. The fraction of sp³-hybridized carbons (Fsp3) is 0.464. The zero-order valence-corrected chi connectivity index (χ0v) is 21.7. The minimum atomic E-state index is -0.379. The van der Waals surface area contributed by atoms with Crippen LogP contribution in [0.4, 0.5) is 0 Å². The van der Waals surface area contributed by atoms with Crippen LogP contribution in [0.2, 0.25) is 0 Å². The third-order valence-corrected chi connectivity index (χ3v) is 7.91. The summed E-state index contributed by atoms with van der Waals surface area (Å²) in [5.74, 6) is 0.0626. The number of amides is 1. The largest absolute Gasteiger partial charge is 0.462 e. The van der Waals surface area contributed by atoms with Gasteiger partial charge in [0.05, 0.1) is 23.1 Å². The van der Waals surface area contributed by atoms with Gasteiger partial charge in [-0.25, -0.2) is 9.78 Å². The van der Waals surface area contributed by atoms with Crippen LogP contribution in [0.25, 0.3) is 10.2 Å². The Morgan fingerprint density at radius 3 is 2.63 bits per heavy atom. The molecule has 0 unspecified atom stereocenters. The molecule has 0 bridgehead atoms. The summed E-state index contributed by atoms with van der Waals surface area (Å²) in [6.07, 6.45) is 3.52. The first kappa shape index (κ1) is 25.3. The smallest absolute Gasteiger partial charge is 0.338 e. The number of nitrogens with one attached hydrogen (secondary N) is 1.